The summed E-state index contributed by atoms with van der Waals surface area (Å²) in [5, 5.41) is 8.10. The molecule has 218 valence electrons. The maximum atomic E-state index is 14.7. The minimum atomic E-state index is -2.12. The zero-order chi connectivity index (χ0) is 29.0. The van der Waals surface area contributed by atoms with Gasteiger partial charge in [-0.05, 0) is 67.8 Å². The average Bonchev–Trinajstić information content (AvgIpc) is 3.53. The highest BCUT2D eigenvalue weighted by Crippen LogP contribution is 2.40. The van der Waals surface area contributed by atoms with Crippen LogP contribution >= 0.6 is 0 Å². The number of carbonyl (C=O) groups is 3. The zero-order valence-electron chi connectivity index (χ0n) is 22.6. The second-order valence-electron chi connectivity index (χ2n) is 10.8. The van der Waals surface area contributed by atoms with Gasteiger partial charge in [-0.1, -0.05) is 12.1 Å². The second kappa shape index (κ2) is 12.2. The molecule has 0 unspecified atom stereocenters. The molecule has 2 aromatic carbocycles. The number of alkyl halides is 1. The van der Waals surface area contributed by atoms with Crippen molar-refractivity contribution in [2.75, 3.05) is 24.6 Å². The Morgan fingerprint density at radius 2 is 1.78 bits per heavy atom. The third-order valence-electron chi connectivity index (χ3n) is 7.98. The van der Waals surface area contributed by atoms with E-state index < -0.39 is 23.5 Å². The van der Waals surface area contributed by atoms with Crippen LogP contribution in [0.15, 0.2) is 60.9 Å². The molecular weight excluding hydrogens is 532 g/mol. The molecule has 0 aromatic heterocycles. The van der Waals surface area contributed by atoms with Crippen molar-refractivity contribution in [1.82, 2.24) is 26.5 Å². The number of nitrogens with two attached hydrogens (primary N) is 1. The van der Waals surface area contributed by atoms with Gasteiger partial charge in [-0.2, -0.15) is 0 Å². The van der Waals surface area contributed by atoms with Gasteiger partial charge in [-0.3, -0.25) is 19.4 Å². The van der Waals surface area contributed by atoms with Crippen molar-refractivity contribution >= 4 is 23.4 Å². The fourth-order valence-electron chi connectivity index (χ4n) is 5.32. The van der Waals surface area contributed by atoms with E-state index in [-0.39, 0.29) is 43.7 Å². The molecule has 1 saturated heterocycles. The van der Waals surface area contributed by atoms with Gasteiger partial charge in [0.05, 0.1) is 5.69 Å². The number of primary amides is 1. The number of piperidine rings is 1. The van der Waals surface area contributed by atoms with Crippen molar-refractivity contribution in [3.63, 3.8) is 0 Å². The summed E-state index contributed by atoms with van der Waals surface area (Å²) in [5.41, 5.74) is 11.2. The van der Waals surface area contributed by atoms with Gasteiger partial charge in [-0.25, -0.2) is 8.78 Å². The first-order valence-electron chi connectivity index (χ1n) is 13.9. The fourth-order valence-corrected chi connectivity index (χ4v) is 5.32. The van der Waals surface area contributed by atoms with Gasteiger partial charge < -0.3 is 26.7 Å². The first kappa shape index (κ1) is 28.5. The molecule has 2 heterocycles. The molecule has 12 heteroatoms. The van der Waals surface area contributed by atoms with E-state index in [2.05, 4.69) is 21.6 Å². The number of anilines is 1. The number of likely N-dealkylation sites (tertiary alicyclic amines) is 1. The van der Waals surface area contributed by atoms with Crippen LogP contribution in [0.2, 0.25) is 0 Å². The second-order valence-corrected chi connectivity index (χ2v) is 10.8. The minimum absolute atomic E-state index is 0.0450. The molecule has 2 aliphatic heterocycles. The molecule has 0 radical (unpaired) electrons. The van der Waals surface area contributed by atoms with E-state index in [1.807, 2.05) is 0 Å². The molecule has 1 aliphatic carbocycles. The number of nitrogens with zero attached hydrogens (tertiary/aromatic N) is 2. The summed E-state index contributed by atoms with van der Waals surface area (Å²) < 4.78 is 27.9. The average molecular weight is 568 g/mol. The Morgan fingerprint density at radius 1 is 1.07 bits per heavy atom. The fraction of sp³-hybridized carbons (Fsp3) is 0.414. The molecule has 5 rings (SSSR count). The van der Waals surface area contributed by atoms with E-state index >= 15 is 0 Å². The van der Waals surface area contributed by atoms with E-state index in [0.29, 0.717) is 30.9 Å². The number of carbonyl (C=O) groups excluding carboxylic acids is 3. The van der Waals surface area contributed by atoms with Crippen LogP contribution in [0.5, 0.6) is 0 Å². The zero-order valence-corrected chi connectivity index (χ0v) is 22.6. The normalized spacial score (nSPS) is 21.7. The molecule has 10 nitrogen and oxygen atoms in total. The van der Waals surface area contributed by atoms with Crippen molar-refractivity contribution in [2.45, 2.75) is 55.8 Å². The Kier molecular flexibility index (Phi) is 8.50. The lowest BCUT2D eigenvalue weighted by Crippen LogP contribution is -2.55. The van der Waals surface area contributed by atoms with Crippen LogP contribution in [-0.4, -0.2) is 60.0 Å². The summed E-state index contributed by atoms with van der Waals surface area (Å²) >= 11 is 0. The number of benzene rings is 2. The lowest BCUT2D eigenvalue weighted by atomic mass is 9.92. The Balaban J connectivity index is 1.18. The summed E-state index contributed by atoms with van der Waals surface area (Å²) in [7, 11) is 0. The maximum Gasteiger partial charge on any atom is 0.255 e. The van der Waals surface area contributed by atoms with Crippen molar-refractivity contribution in [1.29, 1.82) is 0 Å². The number of amides is 3. The number of hydrogen-bond donors (Lipinski definition) is 5. The molecule has 0 spiro atoms. The third kappa shape index (κ3) is 6.83. The smallest absolute Gasteiger partial charge is 0.255 e. The van der Waals surface area contributed by atoms with Crippen LogP contribution in [0.25, 0.3) is 0 Å². The standard InChI is InChI=1S/C29H35F2N7O3/c30-21-7-3-19(4-8-21)23-18-25(23)33-13-1-2-24(27(40)37-15-11-29(31,12-16-37)28(32)41)35-26(39)20-5-9-22(10-6-20)38-17-14-34-36-38/h3-10,14,17,23-25,33-34,36H,1-2,11-13,15-16,18H2,(H2,32,41)(H,35,39)/t23-,24-,25+/m0/s1. The highest BCUT2D eigenvalue weighted by Gasteiger charge is 2.42. The Labute approximate surface area is 237 Å². The Morgan fingerprint density at radius 3 is 2.41 bits per heavy atom. The molecule has 3 amide bonds. The molecule has 2 fully saturated rings. The summed E-state index contributed by atoms with van der Waals surface area (Å²) in [5.74, 6) is -1.64. The van der Waals surface area contributed by atoms with Crippen molar-refractivity contribution in [3.8, 4) is 0 Å². The van der Waals surface area contributed by atoms with Gasteiger partial charge in [0.15, 0.2) is 5.67 Å². The molecule has 41 heavy (non-hydrogen) atoms. The van der Waals surface area contributed by atoms with Gasteiger partial charge in [0.1, 0.15) is 11.9 Å². The third-order valence-corrected chi connectivity index (χ3v) is 7.98. The van der Waals surface area contributed by atoms with Crippen LogP contribution in [0.3, 0.4) is 0 Å². The van der Waals surface area contributed by atoms with E-state index in [4.69, 9.17) is 5.73 Å². The molecule has 3 atom stereocenters. The number of nitrogens with one attached hydrogen (secondary N) is 4. The number of rotatable bonds is 11. The van der Waals surface area contributed by atoms with Gasteiger partial charge in [0.2, 0.25) is 5.91 Å². The van der Waals surface area contributed by atoms with Crippen molar-refractivity contribution < 1.29 is 23.2 Å². The van der Waals surface area contributed by atoms with Crippen LogP contribution in [0.4, 0.5) is 14.5 Å². The summed E-state index contributed by atoms with van der Waals surface area (Å²) in [6, 6.07) is 12.9. The maximum absolute atomic E-state index is 14.7. The molecule has 1 saturated carbocycles. The van der Waals surface area contributed by atoms with Gasteiger partial charge >= 0.3 is 0 Å². The Bertz CT molecular complexity index is 1280. The van der Waals surface area contributed by atoms with E-state index in [0.717, 1.165) is 17.7 Å². The molecule has 2 aromatic rings. The largest absolute Gasteiger partial charge is 0.367 e. The lowest BCUT2D eigenvalue weighted by molar-refractivity contribution is -0.141. The van der Waals surface area contributed by atoms with E-state index in [9.17, 15) is 23.2 Å². The Hall–Kier alpha value is -4.03. The SMILES string of the molecule is NC(=O)C1(F)CCN(C(=O)[C@H](CCCN[C@@H]2C[C@H]2c2ccc(F)cc2)NC(=O)c2ccc(N3C=CNN3)cc2)CC1. The lowest BCUT2D eigenvalue weighted by Gasteiger charge is -2.36. The molecule has 6 N–H and O–H groups in total. The summed E-state index contributed by atoms with van der Waals surface area (Å²) in [6.45, 7) is 0.725. The minimum Gasteiger partial charge on any atom is -0.367 e. The van der Waals surface area contributed by atoms with Crippen LogP contribution in [0.1, 0.15) is 53.9 Å². The van der Waals surface area contributed by atoms with Crippen LogP contribution < -0.4 is 32.3 Å². The topological polar surface area (TPSA) is 132 Å². The van der Waals surface area contributed by atoms with Crippen LogP contribution in [-0.2, 0) is 9.59 Å². The van der Waals surface area contributed by atoms with E-state index in [1.165, 1.54) is 17.0 Å². The van der Waals surface area contributed by atoms with Gasteiger partial charge in [0, 0.05) is 55.9 Å². The summed E-state index contributed by atoms with van der Waals surface area (Å²) in [4.78, 5) is 39.6. The van der Waals surface area contributed by atoms with E-state index in [1.54, 1.807) is 53.8 Å². The number of halogens is 2. The van der Waals surface area contributed by atoms with Crippen molar-refractivity contribution in [3.05, 3.63) is 77.9 Å². The van der Waals surface area contributed by atoms with Gasteiger partial charge in [0.25, 0.3) is 11.8 Å². The molecule has 3 aliphatic rings. The predicted octanol–water partition coefficient (Wildman–Crippen LogP) is 1.97. The molecular formula is C29H35F2N7O3. The highest BCUT2D eigenvalue weighted by atomic mass is 19.1. The number of hydrazine groups is 2. The first-order chi connectivity index (χ1) is 19.7. The highest BCUT2D eigenvalue weighted by molar-refractivity contribution is 5.98. The van der Waals surface area contributed by atoms with Gasteiger partial charge in [-0.15, -0.1) is 5.53 Å². The molecule has 0 bridgehead atoms. The van der Waals surface area contributed by atoms with Crippen LogP contribution in [0, 0.1) is 5.82 Å². The monoisotopic (exact) mass is 567 g/mol. The predicted molar refractivity (Wildman–Crippen MR) is 149 cm³/mol. The number of hydrogen-bond acceptors (Lipinski definition) is 7. The quantitative estimate of drug-likeness (QED) is 0.263. The van der Waals surface area contributed by atoms with Crippen molar-refractivity contribution in [2.24, 2.45) is 5.73 Å². The summed E-state index contributed by atoms with van der Waals surface area (Å²) in [6.07, 6.45) is 5.14. The first-order valence-corrected chi connectivity index (χ1v) is 13.9.